The Labute approximate surface area is 178 Å². The van der Waals surface area contributed by atoms with Crippen molar-refractivity contribution < 1.29 is 26.9 Å². The molecule has 30 heavy (non-hydrogen) atoms. The van der Waals surface area contributed by atoms with Gasteiger partial charge in [-0.3, -0.25) is 4.79 Å². The fourth-order valence-electron chi connectivity index (χ4n) is 2.85. The molecule has 0 aliphatic carbocycles. The predicted molar refractivity (Wildman–Crippen MR) is 112 cm³/mol. The molecule has 0 atom stereocenters. The summed E-state index contributed by atoms with van der Waals surface area (Å²) in [5.74, 6) is 0.609. The van der Waals surface area contributed by atoms with Crippen LogP contribution >= 0.6 is 11.6 Å². The highest BCUT2D eigenvalue weighted by molar-refractivity contribution is 7.87. The second-order valence-electron chi connectivity index (χ2n) is 6.36. The highest BCUT2D eigenvalue weighted by Gasteiger charge is 2.28. The van der Waals surface area contributed by atoms with Crippen LogP contribution in [-0.4, -0.2) is 21.3 Å². The van der Waals surface area contributed by atoms with E-state index in [2.05, 4.69) is 0 Å². The maximum Gasteiger partial charge on any atom is 0.339 e. The molecule has 0 saturated heterocycles. The first kappa shape index (κ1) is 20.0. The summed E-state index contributed by atoms with van der Waals surface area (Å²) in [6.45, 7) is 0. The number of ketones is 1. The van der Waals surface area contributed by atoms with E-state index in [1.165, 1.54) is 49.6 Å². The van der Waals surface area contributed by atoms with Crippen molar-refractivity contribution in [3.63, 3.8) is 0 Å². The average Bonchev–Trinajstić information content (AvgIpc) is 3.04. The average molecular weight is 443 g/mol. The Bertz CT molecular complexity index is 1250. The monoisotopic (exact) mass is 442 g/mol. The number of methoxy groups -OCH3 is 1. The van der Waals surface area contributed by atoms with E-state index in [1.54, 1.807) is 30.3 Å². The summed E-state index contributed by atoms with van der Waals surface area (Å²) < 4.78 is 40.9. The van der Waals surface area contributed by atoms with Crippen LogP contribution in [0.1, 0.15) is 15.9 Å². The van der Waals surface area contributed by atoms with Gasteiger partial charge in [0, 0.05) is 11.1 Å². The van der Waals surface area contributed by atoms with Gasteiger partial charge in [-0.1, -0.05) is 23.7 Å². The van der Waals surface area contributed by atoms with E-state index in [9.17, 15) is 13.2 Å². The Kier molecular flexibility index (Phi) is 5.24. The van der Waals surface area contributed by atoms with Gasteiger partial charge in [-0.25, -0.2) is 0 Å². The van der Waals surface area contributed by atoms with Crippen LogP contribution in [0.3, 0.4) is 0 Å². The van der Waals surface area contributed by atoms with Crippen LogP contribution in [0, 0.1) is 0 Å². The lowest BCUT2D eigenvalue weighted by atomic mass is 10.1. The molecule has 0 saturated carbocycles. The fraction of sp³-hybridized carbons (Fsp3) is 0.0455. The minimum Gasteiger partial charge on any atom is -0.497 e. The van der Waals surface area contributed by atoms with Crippen LogP contribution in [0.15, 0.2) is 77.4 Å². The zero-order valence-corrected chi connectivity index (χ0v) is 17.2. The summed E-state index contributed by atoms with van der Waals surface area (Å²) in [6.07, 6.45) is 1.59. The number of ether oxygens (including phenoxy) is 2. The Balaban J connectivity index is 1.57. The second kappa shape index (κ2) is 7.85. The number of fused-ring (bicyclic) bond motifs is 1. The van der Waals surface area contributed by atoms with Gasteiger partial charge in [-0.15, -0.1) is 0 Å². The van der Waals surface area contributed by atoms with Gasteiger partial charge in [-0.05, 0) is 60.2 Å². The number of carbonyl (C=O) groups is 1. The van der Waals surface area contributed by atoms with Crippen LogP contribution < -0.4 is 13.7 Å². The number of rotatable bonds is 5. The minimum absolute atomic E-state index is 0.0240. The Morgan fingerprint density at radius 1 is 0.933 bits per heavy atom. The maximum atomic E-state index is 12.6. The maximum absolute atomic E-state index is 12.6. The number of benzene rings is 3. The number of halogens is 1. The number of hydrogen-bond acceptors (Lipinski definition) is 6. The van der Waals surface area contributed by atoms with E-state index in [0.29, 0.717) is 16.3 Å². The van der Waals surface area contributed by atoms with Crippen molar-refractivity contribution in [3.05, 3.63) is 88.6 Å². The SMILES string of the molecule is COc1ccc(S(=O)(=O)Oc2ccc3c(c2)OC(=Cc2ccc(Cl)cc2)C3=O)cc1. The van der Waals surface area contributed by atoms with E-state index < -0.39 is 10.1 Å². The molecule has 0 unspecified atom stereocenters. The molecule has 6 nitrogen and oxygen atoms in total. The number of carbonyl (C=O) groups excluding carboxylic acids is 1. The van der Waals surface area contributed by atoms with Crippen molar-refractivity contribution in [2.45, 2.75) is 4.90 Å². The number of hydrogen-bond donors (Lipinski definition) is 0. The third-order valence-corrected chi connectivity index (χ3v) is 5.88. The highest BCUT2D eigenvalue weighted by atomic mass is 35.5. The standard InChI is InChI=1S/C22H15ClO6S/c1-27-16-6-9-18(10-7-16)30(25,26)29-17-8-11-19-20(13-17)28-21(22(19)24)12-14-2-4-15(23)5-3-14/h2-13H,1H3. The van der Waals surface area contributed by atoms with Crippen molar-refractivity contribution in [1.82, 2.24) is 0 Å². The van der Waals surface area contributed by atoms with E-state index in [-0.39, 0.29) is 27.9 Å². The summed E-state index contributed by atoms with van der Waals surface area (Å²) in [4.78, 5) is 12.5. The minimum atomic E-state index is -4.06. The van der Waals surface area contributed by atoms with Gasteiger partial charge in [0.25, 0.3) is 0 Å². The van der Waals surface area contributed by atoms with Gasteiger partial charge < -0.3 is 13.7 Å². The van der Waals surface area contributed by atoms with E-state index in [0.717, 1.165) is 5.56 Å². The third kappa shape index (κ3) is 4.03. The molecular formula is C22H15ClO6S. The molecule has 4 rings (SSSR count). The fourth-order valence-corrected chi connectivity index (χ4v) is 3.90. The molecule has 152 valence electrons. The van der Waals surface area contributed by atoms with Crippen LogP contribution in [-0.2, 0) is 10.1 Å². The molecule has 0 bridgehead atoms. The van der Waals surface area contributed by atoms with Gasteiger partial charge in [0.15, 0.2) is 5.76 Å². The van der Waals surface area contributed by atoms with E-state index >= 15 is 0 Å². The van der Waals surface area contributed by atoms with Crippen molar-refractivity contribution >= 4 is 33.6 Å². The molecular weight excluding hydrogens is 428 g/mol. The van der Waals surface area contributed by atoms with Gasteiger partial charge in [0.1, 0.15) is 22.1 Å². The predicted octanol–water partition coefficient (Wildman–Crippen LogP) is 4.73. The normalized spacial score (nSPS) is 14.3. The van der Waals surface area contributed by atoms with E-state index in [4.69, 9.17) is 25.3 Å². The Morgan fingerprint density at radius 3 is 2.27 bits per heavy atom. The molecule has 1 heterocycles. The summed E-state index contributed by atoms with van der Waals surface area (Å²) >= 11 is 5.87. The zero-order chi connectivity index (χ0) is 21.3. The van der Waals surface area contributed by atoms with Crippen molar-refractivity contribution in [2.24, 2.45) is 0 Å². The molecule has 8 heteroatoms. The van der Waals surface area contributed by atoms with Crippen LogP contribution in [0.4, 0.5) is 0 Å². The third-order valence-electron chi connectivity index (χ3n) is 4.36. The van der Waals surface area contributed by atoms with Crippen LogP contribution in [0.5, 0.6) is 17.2 Å². The van der Waals surface area contributed by atoms with Gasteiger partial charge in [0.2, 0.25) is 5.78 Å². The van der Waals surface area contributed by atoms with Crippen LogP contribution in [0.2, 0.25) is 5.02 Å². The summed E-state index contributed by atoms with van der Waals surface area (Å²) in [6, 6.07) is 17.0. The lowest BCUT2D eigenvalue weighted by molar-refractivity contribution is 0.101. The van der Waals surface area contributed by atoms with Crippen molar-refractivity contribution in [2.75, 3.05) is 7.11 Å². The molecule has 0 N–H and O–H groups in total. The second-order valence-corrected chi connectivity index (χ2v) is 8.35. The first-order valence-electron chi connectivity index (χ1n) is 8.78. The van der Waals surface area contributed by atoms with Gasteiger partial charge in [-0.2, -0.15) is 8.42 Å². The Hall–Kier alpha value is -3.29. The molecule has 0 fully saturated rings. The van der Waals surface area contributed by atoms with Gasteiger partial charge >= 0.3 is 10.1 Å². The lowest BCUT2D eigenvalue weighted by Crippen LogP contribution is -2.09. The number of allylic oxidation sites excluding steroid dienone is 1. The molecule has 1 aliphatic heterocycles. The van der Waals surface area contributed by atoms with Crippen molar-refractivity contribution in [3.8, 4) is 17.2 Å². The van der Waals surface area contributed by atoms with Gasteiger partial charge in [0.05, 0.1) is 12.7 Å². The molecule has 0 radical (unpaired) electrons. The summed E-state index contributed by atoms with van der Waals surface area (Å²) in [5, 5.41) is 0.582. The summed E-state index contributed by atoms with van der Waals surface area (Å²) in [5.41, 5.74) is 1.07. The number of Topliss-reactive ketones (excluding diaryl/α,β-unsaturated/α-hetero) is 1. The molecule has 3 aromatic rings. The lowest BCUT2D eigenvalue weighted by Gasteiger charge is -2.08. The molecule has 0 aromatic heterocycles. The van der Waals surface area contributed by atoms with Crippen molar-refractivity contribution in [1.29, 1.82) is 0 Å². The summed E-state index contributed by atoms with van der Waals surface area (Å²) in [7, 11) is -2.57. The molecule has 3 aromatic carbocycles. The smallest absolute Gasteiger partial charge is 0.339 e. The van der Waals surface area contributed by atoms with Crippen LogP contribution in [0.25, 0.3) is 6.08 Å². The Morgan fingerprint density at radius 2 is 1.60 bits per heavy atom. The largest absolute Gasteiger partial charge is 0.497 e. The first-order chi connectivity index (χ1) is 14.4. The topological polar surface area (TPSA) is 78.9 Å². The van der Waals surface area contributed by atoms with E-state index in [1.807, 2.05) is 0 Å². The molecule has 0 amide bonds. The molecule has 1 aliphatic rings. The first-order valence-corrected chi connectivity index (χ1v) is 10.6. The quantitative estimate of drug-likeness (QED) is 0.419. The highest BCUT2D eigenvalue weighted by Crippen LogP contribution is 2.35. The molecule has 0 spiro atoms. The zero-order valence-electron chi connectivity index (χ0n) is 15.7.